The van der Waals surface area contributed by atoms with Crippen LogP contribution in [-0.2, 0) is 19.0 Å². The molecule has 35 heavy (non-hydrogen) atoms. The zero-order chi connectivity index (χ0) is 25.5. The summed E-state index contributed by atoms with van der Waals surface area (Å²) in [7, 11) is 0. The Labute approximate surface area is 214 Å². The summed E-state index contributed by atoms with van der Waals surface area (Å²) in [6.07, 6.45) is 4.76. The molecule has 0 aromatic heterocycles. The number of piperidine rings is 1. The van der Waals surface area contributed by atoms with Gasteiger partial charge in [-0.3, -0.25) is 14.6 Å². The lowest BCUT2D eigenvalue weighted by Crippen LogP contribution is -2.54. The van der Waals surface area contributed by atoms with E-state index in [9.17, 15) is 4.79 Å². The van der Waals surface area contributed by atoms with Crippen LogP contribution in [0.3, 0.4) is 0 Å². The molecule has 204 valence electrons. The van der Waals surface area contributed by atoms with E-state index in [2.05, 4.69) is 61.6 Å². The molecule has 8 nitrogen and oxygen atoms in total. The van der Waals surface area contributed by atoms with Gasteiger partial charge in [0.25, 0.3) is 0 Å². The molecule has 1 aliphatic carbocycles. The number of rotatable bonds is 11. The predicted octanol–water partition coefficient (Wildman–Crippen LogP) is 2.36. The summed E-state index contributed by atoms with van der Waals surface area (Å²) >= 11 is 0. The molecule has 0 bridgehead atoms. The van der Waals surface area contributed by atoms with Crippen LogP contribution >= 0.6 is 0 Å². The van der Waals surface area contributed by atoms with Gasteiger partial charge in [0, 0.05) is 58.4 Å². The largest absolute Gasteiger partial charge is 0.375 e. The second-order valence-corrected chi connectivity index (χ2v) is 12.6. The molecular weight excluding hydrogens is 444 g/mol. The van der Waals surface area contributed by atoms with Gasteiger partial charge in [0.05, 0.1) is 43.2 Å². The van der Waals surface area contributed by atoms with Crippen molar-refractivity contribution < 1.29 is 19.0 Å². The van der Waals surface area contributed by atoms with E-state index in [1.54, 1.807) is 0 Å². The number of ether oxygens (including phenoxy) is 3. The minimum atomic E-state index is -0.0787. The van der Waals surface area contributed by atoms with Crippen LogP contribution in [0.1, 0.15) is 67.2 Å². The standard InChI is InChI=1S/C27H52N4O4/c1-26(2,3)33-17-15-29-9-7-23(8-10-29)35-24-19-22(20-24)28-25(32)21-31-13-11-30(12-14-31)16-18-34-27(4,5)6/h22-24H,7-21H2,1-6H3,(H,28,32). The van der Waals surface area contributed by atoms with Gasteiger partial charge in [0.15, 0.2) is 0 Å². The second kappa shape index (κ2) is 13.2. The molecule has 1 saturated carbocycles. The van der Waals surface area contributed by atoms with Gasteiger partial charge in [0.1, 0.15) is 0 Å². The first-order valence-corrected chi connectivity index (χ1v) is 13.8. The third-order valence-electron chi connectivity index (χ3n) is 7.10. The molecule has 0 aromatic carbocycles. The van der Waals surface area contributed by atoms with Crippen LogP contribution in [0.5, 0.6) is 0 Å². The van der Waals surface area contributed by atoms with Crippen molar-refractivity contribution in [3.05, 3.63) is 0 Å². The van der Waals surface area contributed by atoms with Gasteiger partial charge in [0.2, 0.25) is 5.91 Å². The Morgan fingerprint density at radius 3 is 1.74 bits per heavy atom. The predicted molar refractivity (Wildman–Crippen MR) is 140 cm³/mol. The number of nitrogens with zero attached hydrogens (tertiary/aromatic N) is 3. The molecule has 2 heterocycles. The minimum Gasteiger partial charge on any atom is -0.375 e. The molecule has 3 aliphatic rings. The van der Waals surface area contributed by atoms with E-state index in [-0.39, 0.29) is 23.2 Å². The van der Waals surface area contributed by atoms with Crippen molar-refractivity contribution in [2.45, 2.75) is 96.7 Å². The molecule has 0 radical (unpaired) electrons. The fourth-order valence-corrected chi connectivity index (χ4v) is 4.95. The smallest absolute Gasteiger partial charge is 0.234 e. The highest BCUT2D eigenvalue weighted by molar-refractivity contribution is 5.78. The lowest BCUT2D eigenvalue weighted by Gasteiger charge is -2.40. The molecule has 2 saturated heterocycles. The molecular formula is C27H52N4O4. The van der Waals surface area contributed by atoms with E-state index in [4.69, 9.17) is 14.2 Å². The molecule has 0 aromatic rings. The lowest BCUT2D eigenvalue weighted by atomic mass is 9.88. The van der Waals surface area contributed by atoms with Gasteiger partial charge in [-0.15, -0.1) is 0 Å². The molecule has 2 aliphatic heterocycles. The van der Waals surface area contributed by atoms with Crippen LogP contribution < -0.4 is 5.32 Å². The first-order valence-electron chi connectivity index (χ1n) is 13.8. The molecule has 1 amide bonds. The molecule has 1 N–H and O–H groups in total. The van der Waals surface area contributed by atoms with E-state index >= 15 is 0 Å². The van der Waals surface area contributed by atoms with Crippen molar-refractivity contribution in [2.75, 3.05) is 72.1 Å². The third-order valence-corrected chi connectivity index (χ3v) is 7.10. The summed E-state index contributed by atoms with van der Waals surface area (Å²) in [4.78, 5) is 19.7. The molecule has 3 rings (SSSR count). The van der Waals surface area contributed by atoms with Crippen molar-refractivity contribution in [1.29, 1.82) is 0 Å². The maximum atomic E-state index is 12.5. The number of hydrogen-bond donors (Lipinski definition) is 1. The maximum absolute atomic E-state index is 12.5. The fraction of sp³-hybridized carbons (Fsp3) is 0.963. The van der Waals surface area contributed by atoms with Crippen LogP contribution in [-0.4, -0.2) is 122 Å². The van der Waals surface area contributed by atoms with Gasteiger partial charge in [-0.25, -0.2) is 0 Å². The summed E-state index contributed by atoms with van der Waals surface area (Å²) < 4.78 is 18.0. The van der Waals surface area contributed by atoms with Gasteiger partial charge in [-0.2, -0.15) is 0 Å². The quantitative estimate of drug-likeness (QED) is 0.471. The SMILES string of the molecule is CC(C)(C)OCCN1CCC(OC2CC(NC(=O)CN3CCN(CCOC(C)(C)C)CC3)C2)CC1. The van der Waals surface area contributed by atoms with Gasteiger partial charge in [-0.1, -0.05) is 0 Å². The van der Waals surface area contributed by atoms with Crippen molar-refractivity contribution >= 4 is 5.91 Å². The number of nitrogens with one attached hydrogen (secondary N) is 1. The van der Waals surface area contributed by atoms with Crippen LogP contribution in [0.15, 0.2) is 0 Å². The highest BCUT2D eigenvalue weighted by Crippen LogP contribution is 2.27. The Kier molecular flexibility index (Phi) is 10.8. The summed E-state index contributed by atoms with van der Waals surface area (Å²) in [6.45, 7) is 22.7. The third kappa shape index (κ3) is 11.4. The fourth-order valence-electron chi connectivity index (χ4n) is 4.95. The Bertz CT molecular complexity index is 626. The Balaban J connectivity index is 1.19. The van der Waals surface area contributed by atoms with E-state index in [1.165, 1.54) is 0 Å². The van der Waals surface area contributed by atoms with Gasteiger partial charge >= 0.3 is 0 Å². The number of carbonyl (C=O) groups is 1. The molecule has 8 heteroatoms. The number of likely N-dealkylation sites (tertiary alicyclic amines) is 1. The summed E-state index contributed by atoms with van der Waals surface area (Å²) in [6, 6.07) is 0.276. The van der Waals surface area contributed by atoms with Crippen molar-refractivity contribution in [2.24, 2.45) is 0 Å². The summed E-state index contributed by atoms with van der Waals surface area (Å²) in [5.74, 6) is 0.156. The Morgan fingerprint density at radius 1 is 0.743 bits per heavy atom. The van der Waals surface area contributed by atoms with E-state index in [0.717, 1.165) is 91.3 Å². The zero-order valence-electron chi connectivity index (χ0n) is 23.3. The van der Waals surface area contributed by atoms with Crippen molar-refractivity contribution in [3.8, 4) is 0 Å². The minimum absolute atomic E-state index is 0.0613. The summed E-state index contributed by atoms with van der Waals surface area (Å²) in [5.41, 5.74) is -0.140. The van der Waals surface area contributed by atoms with Gasteiger partial charge in [-0.05, 0) is 67.2 Å². The first-order chi connectivity index (χ1) is 16.4. The van der Waals surface area contributed by atoms with Crippen LogP contribution in [0.4, 0.5) is 0 Å². The van der Waals surface area contributed by atoms with Gasteiger partial charge < -0.3 is 24.4 Å². The number of piperazine rings is 1. The van der Waals surface area contributed by atoms with E-state index < -0.39 is 0 Å². The number of hydrogen-bond acceptors (Lipinski definition) is 7. The van der Waals surface area contributed by atoms with E-state index in [1.807, 2.05) is 0 Å². The van der Waals surface area contributed by atoms with Crippen LogP contribution in [0.2, 0.25) is 0 Å². The normalized spacial score (nSPS) is 26.0. The molecule has 0 unspecified atom stereocenters. The highest BCUT2D eigenvalue weighted by atomic mass is 16.5. The molecule has 0 atom stereocenters. The number of amides is 1. The average Bonchev–Trinajstić information content (AvgIpc) is 2.73. The molecule has 3 fully saturated rings. The summed E-state index contributed by atoms with van der Waals surface area (Å²) in [5, 5.41) is 3.22. The topological polar surface area (TPSA) is 66.5 Å². The Hall–Kier alpha value is -0.770. The number of carbonyl (C=O) groups excluding carboxylic acids is 1. The molecule has 0 spiro atoms. The van der Waals surface area contributed by atoms with Crippen molar-refractivity contribution in [3.63, 3.8) is 0 Å². The van der Waals surface area contributed by atoms with Crippen LogP contribution in [0.25, 0.3) is 0 Å². The van der Waals surface area contributed by atoms with Crippen LogP contribution in [0, 0.1) is 0 Å². The van der Waals surface area contributed by atoms with Crippen molar-refractivity contribution in [1.82, 2.24) is 20.0 Å². The zero-order valence-corrected chi connectivity index (χ0v) is 23.3. The highest BCUT2D eigenvalue weighted by Gasteiger charge is 2.34. The lowest BCUT2D eigenvalue weighted by molar-refractivity contribution is -0.127. The van der Waals surface area contributed by atoms with E-state index in [0.29, 0.717) is 18.8 Å². The second-order valence-electron chi connectivity index (χ2n) is 12.6. The average molecular weight is 497 g/mol. The Morgan fingerprint density at radius 2 is 1.23 bits per heavy atom. The monoisotopic (exact) mass is 496 g/mol. The maximum Gasteiger partial charge on any atom is 0.234 e. The first kappa shape index (κ1) is 28.8.